The zero-order valence-corrected chi connectivity index (χ0v) is 8.46. The lowest BCUT2D eigenvalue weighted by atomic mass is 10.4. The van der Waals surface area contributed by atoms with Gasteiger partial charge in [-0.3, -0.25) is 0 Å². The largest absolute Gasteiger partial charge is 0.385 e. The Bertz CT molecular complexity index is 594. The van der Waals surface area contributed by atoms with Gasteiger partial charge in [-0.05, 0) is 12.1 Å². The molecule has 0 radical (unpaired) electrons. The van der Waals surface area contributed by atoms with E-state index < -0.39 is 0 Å². The number of aliphatic imine (C=N–C) groups is 2. The average Bonchev–Trinajstić information content (AvgIpc) is 2.87. The molecule has 0 bridgehead atoms. The van der Waals surface area contributed by atoms with Crippen molar-refractivity contribution in [1.29, 1.82) is 0 Å². The van der Waals surface area contributed by atoms with E-state index in [0.717, 1.165) is 11.3 Å². The van der Waals surface area contributed by atoms with Crippen molar-refractivity contribution in [1.82, 2.24) is 9.38 Å². The van der Waals surface area contributed by atoms with Gasteiger partial charge in [-0.25, -0.2) is 9.98 Å². The third kappa shape index (κ3) is 1.50. The number of nitrogens with one attached hydrogen (secondary N) is 1. The highest BCUT2D eigenvalue weighted by atomic mass is 15.2. The van der Waals surface area contributed by atoms with Crippen LogP contribution in [-0.4, -0.2) is 27.7 Å². The van der Waals surface area contributed by atoms with E-state index in [1.54, 1.807) is 6.20 Å². The first-order valence-electron chi connectivity index (χ1n) is 4.88. The van der Waals surface area contributed by atoms with Gasteiger partial charge in [-0.1, -0.05) is 0 Å². The standard InChI is InChI=1S/C10H10N6/c11-8-5-13-10(15-8)14-7-1-2-9-12-3-4-16(9)6-7/h1-4,6H,5H2,(H3,11,13,14,15). The average molecular weight is 214 g/mol. The molecule has 16 heavy (non-hydrogen) atoms. The second-order valence-electron chi connectivity index (χ2n) is 3.48. The topological polar surface area (TPSA) is 80.1 Å². The van der Waals surface area contributed by atoms with Crippen LogP contribution in [0.1, 0.15) is 0 Å². The molecule has 6 heteroatoms. The molecule has 1 aliphatic rings. The van der Waals surface area contributed by atoms with Crippen molar-refractivity contribution in [3.05, 3.63) is 30.7 Å². The first kappa shape index (κ1) is 8.90. The lowest BCUT2D eigenvalue weighted by molar-refractivity contribution is 1.19. The van der Waals surface area contributed by atoms with Crippen molar-refractivity contribution < 1.29 is 0 Å². The monoisotopic (exact) mass is 214 g/mol. The van der Waals surface area contributed by atoms with E-state index in [1.165, 1.54) is 0 Å². The first-order chi connectivity index (χ1) is 7.81. The van der Waals surface area contributed by atoms with Gasteiger partial charge in [0.15, 0.2) is 0 Å². The number of amidine groups is 1. The molecular formula is C10H10N6. The Morgan fingerprint density at radius 3 is 3.12 bits per heavy atom. The quantitative estimate of drug-likeness (QED) is 0.724. The number of anilines is 1. The van der Waals surface area contributed by atoms with Crippen LogP contribution in [0, 0.1) is 0 Å². The Balaban J connectivity index is 1.89. The van der Waals surface area contributed by atoms with Gasteiger partial charge in [-0.2, -0.15) is 4.99 Å². The van der Waals surface area contributed by atoms with Crippen LogP contribution in [-0.2, 0) is 0 Å². The molecule has 3 rings (SSSR count). The Morgan fingerprint density at radius 2 is 2.31 bits per heavy atom. The van der Waals surface area contributed by atoms with Crippen LogP contribution in [0.5, 0.6) is 0 Å². The molecule has 2 aromatic rings. The van der Waals surface area contributed by atoms with Gasteiger partial charge in [0.05, 0.1) is 5.69 Å². The number of aromatic nitrogens is 2. The van der Waals surface area contributed by atoms with Gasteiger partial charge < -0.3 is 15.5 Å². The van der Waals surface area contributed by atoms with E-state index in [9.17, 15) is 0 Å². The SMILES string of the molecule is NC1=NC(Nc2ccc3nccn3c2)=NC1. The highest BCUT2D eigenvalue weighted by Crippen LogP contribution is 2.10. The maximum absolute atomic E-state index is 5.53. The van der Waals surface area contributed by atoms with Crippen LogP contribution >= 0.6 is 0 Å². The highest BCUT2D eigenvalue weighted by molar-refractivity contribution is 6.07. The molecule has 0 saturated heterocycles. The molecule has 1 aliphatic heterocycles. The number of rotatable bonds is 1. The van der Waals surface area contributed by atoms with Crippen molar-refractivity contribution in [2.24, 2.45) is 15.7 Å². The summed E-state index contributed by atoms with van der Waals surface area (Å²) in [4.78, 5) is 12.4. The number of guanidine groups is 1. The lowest BCUT2D eigenvalue weighted by Gasteiger charge is -2.03. The van der Waals surface area contributed by atoms with E-state index in [1.807, 2.05) is 28.9 Å². The van der Waals surface area contributed by atoms with Crippen LogP contribution in [0.2, 0.25) is 0 Å². The number of fused-ring (bicyclic) bond motifs is 1. The van der Waals surface area contributed by atoms with Crippen LogP contribution in [0.4, 0.5) is 5.69 Å². The maximum Gasteiger partial charge on any atom is 0.224 e. The summed E-state index contributed by atoms with van der Waals surface area (Å²) >= 11 is 0. The number of nitrogens with zero attached hydrogens (tertiary/aromatic N) is 4. The molecule has 0 fully saturated rings. The van der Waals surface area contributed by atoms with Crippen LogP contribution in [0.15, 0.2) is 40.7 Å². The third-order valence-corrected chi connectivity index (χ3v) is 2.29. The summed E-state index contributed by atoms with van der Waals surface area (Å²) in [5.74, 6) is 1.09. The van der Waals surface area contributed by atoms with Crippen molar-refractivity contribution in [2.45, 2.75) is 0 Å². The summed E-state index contributed by atoms with van der Waals surface area (Å²) in [5.41, 5.74) is 7.34. The molecule has 0 unspecified atom stereocenters. The van der Waals surface area contributed by atoms with Gasteiger partial charge in [-0.15, -0.1) is 0 Å². The van der Waals surface area contributed by atoms with E-state index in [-0.39, 0.29) is 0 Å². The normalized spacial score (nSPS) is 15.0. The first-order valence-corrected chi connectivity index (χ1v) is 4.88. The molecule has 0 amide bonds. The molecule has 3 N–H and O–H groups in total. The predicted molar refractivity (Wildman–Crippen MR) is 62.7 cm³/mol. The molecule has 0 atom stereocenters. The lowest BCUT2D eigenvalue weighted by Crippen LogP contribution is -2.12. The zero-order valence-electron chi connectivity index (χ0n) is 8.46. The molecule has 80 valence electrons. The molecule has 0 aliphatic carbocycles. The third-order valence-electron chi connectivity index (χ3n) is 2.29. The van der Waals surface area contributed by atoms with Crippen LogP contribution in [0.3, 0.4) is 0 Å². The Morgan fingerprint density at radius 1 is 1.38 bits per heavy atom. The Kier molecular flexibility index (Phi) is 1.86. The molecule has 2 aromatic heterocycles. The summed E-state index contributed by atoms with van der Waals surface area (Å²) in [6.45, 7) is 0.468. The Hall–Kier alpha value is -2.37. The van der Waals surface area contributed by atoms with E-state index >= 15 is 0 Å². The van der Waals surface area contributed by atoms with E-state index in [0.29, 0.717) is 18.3 Å². The molecular weight excluding hydrogens is 204 g/mol. The minimum Gasteiger partial charge on any atom is -0.385 e. The van der Waals surface area contributed by atoms with Gasteiger partial charge in [0.1, 0.15) is 18.0 Å². The van der Waals surface area contributed by atoms with Crippen LogP contribution < -0.4 is 11.1 Å². The summed E-state index contributed by atoms with van der Waals surface area (Å²) in [7, 11) is 0. The highest BCUT2D eigenvalue weighted by Gasteiger charge is 2.06. The summed E-state index contributed by atoms with van der Waals surface area (Å²) in [6, 6.07) is 3.85. The summed E-state index contributed by atoms with van der Waals surface area (Å²) in [6.07, 6.45) is 5.56. The van der Waals surface area contributed by atoms with E-state index in [4.69, 9.17) is 5.73 Å². The fourth-order valence-electron chi connectivity index (χ4n) is 1.55. The second kappa shape index (κ2) is 3.34. The number of pyridine rings is 1. The van der Waals surface area contributed by atoms with Gasteiger partial charge in [0.25, 0.3) is 0 Å². The molecule has 0 saturated carbocycles. The van der Waals surface area contributed by atoms with E-state index in [2.05, 4.69) is 20.3 Å². The van der Waals surface area contributed by atoms with Gasteiger partial charge in [0.2, 0.25) is 5.96 Å². The predicted octanol–water partition coefficient (Wildman–Crippen LogP) is 0.473. The number of nitrogens with two attached hydrogens (primary N) is 1. The second-order valence-corrected chi connectivity index (χ2v) is 3.48. The van der Waals surface area contributed by atoms with Crippen molar-refractivity contribution in [3.63, 3.8) is 0 Å². The molecule has 0 spiro atoms. The summed E-state index contributed by atoms with van der Waals surface area (Å²) < 4.78 is 1.92. The Labute approximate surface area is 91.5 Å². The number of imidazole rings is 1. The van der Waals surface area contributed by atoms with Crippen molar-refractivity contribution >= 4 is 23.1 Å². The minimum absolute atomic E-state index is 0.468. The van der Waals surface area contributed by atoms with Crippen molar-refractivity contribution in [2.75, 3.05) is 11.9 Å². The fraction of sp³-hybridized carbons (Fsp3) is 0.100. The van der Waals surface area contributed by atoms with Gasteiger partial charge >= 0.3 is 0 Å². The minimum atomic E-state index is 0.468. The number of hydrogen-bond acceptors (Lipinski definition) is 5. The fourth-order valence-corrected chi connectivity index (χ4v) is 1.55. The maximum atomic E-state index is 5.53. The molecule has 6 nitrogen and oxygen atoms in total. The molecule has 0 aromatic carbocycles. The van der Waals surface area contributed by atoms with Gasteiger partial charge in [0, 0.05) is 18.6 Å². The smallest absolute Gasteiger partial charge is 0.224 e. The van der Waals surface area contributed by atoms with Crippen LogP contribution in [0.25, 0.3) is 5.65 Å². The van der Waals surface area contributed by atoms with Crippen molar-refractivity contribution in [3.8, 4) is 0 Å². The molecule has 3 heterocycles. The number of hydrogen-bond donors (Lipinski definition) is 2. The zero-order chi connectivity index (χ0) is 11.0. The summed E-state index contributed by atoms with van der Waals surface area (Å²) in [5, 5.41) is 3.09.